The van der Waals surface area contributed by atoms with Gasteiger partial charge in [-0.2, -0.15) is 16.9 Å². The lowest BCUT2D eigenvalue weighted by Crippen LogP contribution is -2.65. The molecule has 3 heterocycles. The third-order valence-electron chi connectivity index (χ3n) is 7.52. The van der Waals surface area contributed by atoms with E-state index in [1.54, 1.807) is 0 Å². The summed E-state index contributed by atoms with van der Waals surface area (Å²) >= 11 is 2.04. The second kappa shape index (κ2) is 9.12. The molecule has 1 aromatic heterocycles. The summed E-state index contributed by atoms with van der Waals surface area (Å²) in [5.74, 6) is 2.04. The maximum absolute atomic E-state index is 12.6. The van der Waals surface area contributed by atoms with Gasteiger partial charge in [0, 0.05) is 36.0 Å². The molecule has 168 valence electrons. The lowest BCUT2D eigenvalue weighted by molar-refractivity contribution is -0.131. The number of likely N-dealkylation sites (tertiary alicyclic amines) is 1. The molecule has 2 N–H and O–H groups in total. The highest BCUT2D eigenvalue weighted by atomic mass is 32.2. The molecule has 2 saturated heterocycles. The van der Waals surface area contributed by atoms with E-state index in [1.807, 2.05) is 29.7 Å². The number of amides is 1. The highest BCUT2D eigenvalue weighted by molar-refractivity contribution is 7.99. The molecule has 31 heavy (non-hydrogen) atoms. The van der Waals surface area contributed by atoms with E-state index in [0.717, 1.165) is 31.8 Å². The molecule has 4 atom stereocenters. The number of fused-ring (bicyclic) bond motifs is 2. The zero-order chi connectivity index (χ0) is 21.4. The Morgan fingerprint density at radius 3 is 2.87 bits per heavy atom. The van der Waals surface area contributed by atoms with Gasteiger partial charge in [0.15, 0.2) is 0 Å². The van der Waals surface area contributed by atoms with Crippen LogP contribution in [0.5, 0.6) is 0 Å². The summed E-state index contributed by atoms with van der Waals surface area (Å²) in [4.78, 5) is 15.1. The first kappa shape index (κ1) is 21.3. The number of nitrogens with zero attached hydrogens (tertiary/aromatic N) is 3. The summed E-state index contributed by atoms with van der Waals surface area (Å²) < 4.78 is 1.95. The van der Waals surface area contributed by atoms with E-state index in [4.69, 9.17) is 0 Å². The van der Waals surface area contributed by atoms with E-state index >= 15 is 0 Å². The first-order chi connectivity index (χ1) is 15.1. The van der Waals surface area contributed by atoms with Crippen LogP contribution in [0, 0.1) is 11.8 Å². The lowest BCUT2D eigenvalue weighted by atomic mass is 9.76. The minimum absolute atomic E-state index is 0.128. The van der Waals surface area contributed by atoms with Gasteiger partial charge in [-0.25, -0.2) is 0 Å². The Hall–Kier alpha value is -1.57. The zero-order valence-electron chi connectivity index (χ0n) is 18.7. The second-order valence-electron chi connectivity index (χ2n) is 9.74. The first-order valence-corrected chi connectivity index (χ1v) is 12.9. The molecule has 1 aromatic carbocycles. The lowest BCUT2D eigenvalue weighted by Gasteiger charge is -2.43. The Bertz CT molecular complexity index is 922. The molecule has 3 fully saturated rings. The van der Waals surface area contributed by atoms with E-state index in [0.29, 0.717) is 17.2 Å². The van der Waals surface area contributed by atoms with Crippen molar-refractivity contribution in [2.45, 2.75) is 63.0 Å². The average molecular weight is 442 g/mol. The fourth-order valence-electron chi connectivity index (χ4n) is 5.65. The fourth-order valence-corrected chi connectivity index (χ4v) is 6.83. The second-order valence-corrected chi connectivity index (χ2v) is 11.1. The van der Waals surface area contributed by atoms with Crippen molar-refractivity contribution in [3.05, 3.63) is 30.0 Å². The number of aromatic nitrogens is 2. The Labute approximate surface area is 189 Å². The SMILES string of the molecule is CC1CCCC2C(=O)NC(CSC3CCN(Cc4ccc5cnn(C)c5c4)CC3)NC12. The predicted molar refractivity (Wildman–Crippen MR) is 127 cm³/mol. The molecule has 4 unspecified atom stereocenters. The summed E-state index contributed by atoms with van der Waals surface area (Å²) in [6, 6.07) is 7.07. The van der Waals surface area contributed by atoms with E-state index in [9.17, 15) is 4.79 Å². The molecule has 3 aliphatic rings. The molecule has 6 nitrogen and oxygen atoms in total. The van der Waals surface area contributed by atoms with Crippen LogP contribution < -0.4 is 10.6 Å². The van der Waals surface area contributed by atoms with Crippen molar-refractivity contribution in [2.24, 2.45) is 18.9 Å². The number of benzene rings is 1. The number of hydrogen-bond donors (Lipinski definition) is 2. The number of carbonyl (C=O) groups is 1. The number of carbonyl (C=O) groups excluding carboxylic acids is 1. The van der Waals surface area contributed by atoms with Crippen molar-refractivity contribution < 1.29 is 4.79 Å². The molecule has 0 spiro atoms. The van der Waals surface area contributed by atoms with Crippen LogP contribution in [0.1, 0.15) is 44.6 Å². The minimum atomic E-state index is 0.128. The third kappa shape index (κ3) is 4.64. The smallest absolute Gasteiger partial charge is 0.225 e. The van der Waals surface area contributed by atoms with E-state index in [-0.39, 0.29) is 18.0 Å². The highest BCUT2D eigenvalue weighted by Gasteiger charge is 2.40. The van der Waals surface area contributed by atoms with E-state index in [2.05, 4.69) is 45.8 Å². The first-order valence-electron chi connectivity index (χ1n) is 11.9. The van der Waals surface area contributed by atoms with Gasteiger partial charge in [-0.3, -0.25) is 19.7 Å². The fraction of sp³-hybridized carbons (Fsp3) is 0.667. The standard InChI is InChI=1S/C24H35N5OS/c1-16-4-3-5-20-23(16)26-22(27-24(20)30)15-31-19-8-10-29(11-9-19)14-17-6-7-18-13-25-28(2)21(18)12-17/h6-7,12-13,16,19-20,22-23,26H,3-5,8-11,14-15H2,1-2H3,(H,27,30). The van der Waals surface area contributed by atoms with Crippen molar-refractivity contribution in [2.75, 3.05) is 18.8 Å². The number of hydrogen-bond acceptors (Lipinski definition) is 5. The van der Waals surface area contributed by atoms with Gasteiger partial charge in [0.2, 0.25) is 5.91 Å². The van der Waals surface area contributed by atoms with Gasteiger partial charge in [0.05, 0.1) is 23.8 Å². The van der Waals surface area contributed by atoms with Gasteiger partial charge < -0.3 is 5.32 Å². The summed E-state index contributed by atoms with van der Waals surface area (Å²) in [5.41, 5.74) is 2.58. The number of nitrogens with one attached hydrogen (secondary N) is 2. The molecule has 7 heteroatoms. The summed E-state index contributed by atoms with van der Waals surface area (Å²) in [5, 5.41) is 13.3. The van der Waals surface area contributed by atoms with Crippen LogP contribution in [0.4, 0.5) is 0 Å². The molecule has 0 bridgehead atoms. The molecule has 2 aromatic rings. The minimum Gasteiger partial charge on any atom is -0.340 e. The Kier molecular flexibility index (Phi) is 6.26. The van der Waals surface area contributed by atoms with Crippen molar-refractivity contribution >= 4 is 28.6 Å². The summed E-state index contributed by atoms with van der Waals surface area (Å²) in [6.07, 6.45) is 7.98. The van der Waals surface area contributed by atoms with Crippen molar-refractivity contribution in [1.82, 2.24) is 25.3 Å². The van der Waals surface area contributed by atoms with E-state index < -0.39 is 0 Å². The van der Waals surface area contributed by atoms with Crippen LogP contribution in [-0.4, -0.2) is 56.9 Å². The van der Waals surface area contributed by atoms with Crippen LogP contribution in [0.3, 0.4) is 0 Å². The molecule has 1 aliphatic carbocycles. The molecule has 2 aliphatic heterocycles. The van der Waals surface area contributed by atoms with Crippen LogP contribution in [0.2, 0.25) is 0 Å². The molecule has 5 rings (SSSR count). The van der Waals surface area contributed by atoms with Gasteiger partial charge in [0.1, 0.15) is 0 Å². The molecule has 1 saturated carbocycles. The monoisotopic (exact) mass is 441 g/mol. The van der Waals surface area contributed by atoms with Gasteiger partial charge >= 0.3 is 0 Å². The van der Waals surface area contributed by atoms with Gasteiger partial charge in [-0.1, -0.05) is 25.5 Å². The number of thioether (sulfide) groups is 1. The normalized spacial score (nSPS) is 30.3. The molecule has 1 amide bonds. The Morgan fingerprint density at radius 1 is 1.19 bits per heavy atom. The molecular weight excluding hydrogens is 406 g/mol. The van der Waals surface area contributed by atoms with Crippen molar-refractivity contribution in [1.29, 1.82) is 0 Å². The maximum atomic E-state index is 12.6. The maximum Gasteiger partial charge on any atom is 0.225 e. The largest absolute Gasteiger partial charge is 0.340 e. The molecule has 0 radical (unpaired) electrons. The summed E-state index contributed by atoms with van der Waals surface area (Å²) in [7, 11) is 2.01. The number of piperidine rings is 1. The Balaban J connectivity index is 1.08. The van der Waals surface area contributed by atoms with Crippen molar-refractivity contribution in [3.63, 3.8) is 0 Å². The van der Waals surface area contributed by atoms with Crippen molar-refractivity contribution in [3.8, 4) is 0 Å². The van der Waals surface area contributed by atoms with Crippen LogP contribution in [0.25, 0.3) is 10.9 Å². The third-order valence-corrected chi connectivity index (χ3v) is 8.99. The zero-order valence-corrected chi connectivity index (χ0v) is 19.5. The Morgan fingerprint density at radius 2 is 2.03 bits per heavy atom. The average Bonchev–Trinajstić information content (AvgIpc) is 3.14. The highest BCUT2D eigenvalue weighted by Crippen LogP contribution is 2.32. The molecular formula is C24H35N5OS. The van der Waals surface area contributed by atoms with Crippen LogP contribution in [-0.2, 0) is 18.4 Å². The van der Waals surface area contributed by atoms with Gasteiger partial charge in [0.25, 0.3) is 0 Å². The van der Waals surface area contributed by atoms with Crippen LogP contribution >= 0.6 is 11.8 Å². The quantitative estimate of drug-likeness (QED) is 0.747. The topological polar surface area (TPSA) is 62.2 Å². The summed E-state index contributed by atoms with van der Waals surface area (Å²) in [6.45, 7) is 5.61. The van der Waals surface area contributed by atoms with Gasteiger partial charge in [-0.05, 0) is 56.3 Å². The van der Waals surface area contributed by atoms with Gasteiger partial charge in [-0.15, -0.1) is 0 Å². The number of aryl methyl sites for hydroxylation is 1. The van der Waals surface area contributed by atoms with Crippen LogP contribution in [0.15, 0.2) is 24.4 Å². The predicted octanol–water partition coefficient (Wildman–Crippen LogP) is 3.12. The number of rotatable bonds is 5. The van der Waals surface area contributed by atoms with E-state index in [1.165, 1.54) is 42.1 Å².